The highest BCUT2D eigenvalue weighted by atomic mass is 32.2. The number of nitrogens with zero attached hydrogens (tertiary/aromatic N) is 1. The summed E-state index contributed by atoms with van der Waals surface area (Å²) in [6.45, 7) is 3.49. The van der Waals surface area contributed by atoms with Crippen molar-refractivity contribution in [2.24, 2.45) is 0 Å². The fourth-order valence-corrected chi connectivity index (χ4v) is 4.72. The predicted octanol–water partition coefficient (Wildman–Crippen LogP) is 5.05. The van der Waals surface area contributed by atoms with Gasteiger partial charge in [0.15, 0.2) is 0 Å². The number of hydrogen-bond acceptors (Lipinski definition) is 4. The maximum Gasteiger partial charge on any atom is 0.265 e. The lowest BCUT2D eigenvalue weighted by Crippen LogP contribution is -2.33. The van der Waals surface area contributed by atoms with Crippen molar-refractivity contribution in [1.82, 2.24) is 5.32 Å². The number of thioether (sulfide) groups is 1. The molecule has 33 heavy (non-hydrogen) atoms. The van der Waals surface area contributed by atoms with Gasteiger partial charge in [-0.1, -0.05) is 65.9 Å². The number of methoxy groups -OCH3 is 1. The van der Waals surface area contributed by atoms with Crippen molar-refractivity contribution in [3.8, 4) is 0 Å². The Kier molecular flexibility index (Phi) is 7.27. The molecule has 0 spiro atoms. The maximum atomic E-state index is 13.5. The summed E-state index contributed by atoms with van der Waals surface area (Å²) in [6.07, 6.45) is 1.89. The van der Waals surface area contributed by atoms with Crippen molar-refractivity contribution in [3.05, 3.63) is 100.0 Å². The van der Waals surface area contributed by atoms with Crippen molar-refractivity contribution < 1.29 is 14.3 Å². The number of rotatable bonds is 7. The highest BCUT2D eigenvalue weighted by Crippen LogP contribution is 2.42. The summed E-state index contributed by atoms with van der Waals surface area (Å²) in [4.78, 5) is 29.2. The first kappa shape index (κ1) is 22.8. The number of fused-ring (bicyclic) bond motifs is 1. The molecule has 2 amide bonds. The molecule has 4 rings (SSSR count). The van der Waals surface area contributed by atoms with Crippen LogP contribution in [-0.4, -0.2) is 32.1 Å². The summed E-state index contributed by atoms with van der Waals surface area (Å²) in [5.41, 5.74) is 4.63. The average molecular weight is 459 g/mol. The number of carbonyl (C=O) groups excluding carboxylic acids is 2. The second-order valence-corrected chi connectivity index (χ2v) is 8.91. The predicted molar refractivity (Wildman–Crippen MR) is 133 cm³/mol. The van der Waals surface area contributed by atoms with Crippen LogP contribution in [0.3, 0.4) is 0 Å². The molecule has 0 fully saturated rings. The van der Waals surface area contributed by atoms with Crippen LogP contribution in [0.2, 0.25) is 0 Å². The zero-order chi connectivity index (χ0) is 23.2. The van der Waals surface area contributed by atoms with Gasteiger partial charge in [-0.15, -0.1) is 0 Å². The van der Waals surface area contributed by atoms with E-state index in [0.29, 0.717) is 30.2 Å². The first-order valence-corrected chi connectivity index (χ1v) is 11.6. The van der Waals surface area contributed by atoms with Gasteiger partial charge >= 0.3 is 0 Å². The second-order valence-electron chi connectivity index (χ2n) is 7.83. The summed E-state index contributed by atoms with van der Waals surface area (Å²) in [6, 6.07) is 23.5. The zero-order valence-corrected chi connectivity index (χ0v) is 19.5. The molecule has 0 radical (unpaired) electrons. The highest BCUT2D eigenvalue weighted by molar-refractivity contribution is 8.04. The van der Waals surface area contributed by atoms with E-state index in [0.717, 1.165) is 21.7 Å². The number of nitrogens with one attached hydrogen (secondary N) is 1. The Morgan fingerprint density at radius 2 is 1.85 bits per heavy atom. The summed E-state index contributed by atoms with van der Waals surface area (Å²) < 4.78 is 4.96. The molecular formula is C27H26N2O3S. The lowest BCUT2D eigenvalue weighted by Gasteiger charge is -2.30. The van der Waals surface area contributed by atoms with E-state index in [9.17, 15) is 9.59 Å². The fourth-order valence-electron chi connectivity index (χ4n) is 3.66. The van der Waals surface area contributed by atoms with Gasteiger partial charge in [0.2, 0.25) is 0 Å². The fraction of sp³-hybridized carbons (Fsp3) is 0.185. The molecule has 3 aromatic rings. The normalized spacial score (nSPS) is 14.3. The van der Waals surface area contributed by atoms with Crippen molar-refractivity contribution >= 4 is 35.3 Å². The van der Waals surface area contributed by atoms with Gasteiger partial charge in [0.05, 0.1) is 23.7 Å². The molecule has 0 aliphatic carbocycles. The molecule has 0 bridgehead atoms. The number of ether oxygens (including phenoxy) is 1. The molecule has 1 aliphatic rings. The van der Waals surface area contributed by atoms with Crippen LogP contribution in [0.4, 0.5) is 5.69 Å². The summed E-state index contributed by atoms with van der Waals surface area (Å²) >= 11 is 1.48. The molecule has 1 aliphatic heterocycles. The SMILES string of the molecule is COCCNC(=O)c1ccc(/C=C2/Sc3ccccc3N(Cc3cccc(C)c3)C2=O)cc1. The minimum Gasteiger partial charge on any atom is -0.383 e. The molecule has 3 aromatic carbocycles. The summed E-state index contributed by atoms with van der Waals surface area (Å²) in [7, 11) is 1.60. The standard InChI is InChI=1S/C27H26N2O3S/c1-19-6-5-7-21(16-19)18-29-23-8-3-4-9-24(23)33-25(27(29)31)17-20-10-12-22(13-11-20)26(30)28-14-15-32-2/h3-13,16-17H,14-15,18H2,1-2H3,(H,28,30)/b25-17+. The maximum absolute atomic E-state index is 13.5. The van der Waals surface area contributed by atoms with Crippen LogP contribution in [0, 0.1) is 6.92 Å². The van der Waals surface area contributed by atoms with Crippen molar-refractivity contribution in [2.45, 2.75) is 18.4 Å². The number of benzene rings is 3. The minimum atomic E-state index is -0.146. The van der Waals surface area contributed by atoms with Crippen LogP contribution in [0.25, 0.3) is 6.08 Å². The largest absolute Gasteiger partial charge is 0.383 e. The van der Waals surface area contributed by atoms with Gasteiger partial charge in [-0.05, 0) is 48.4 Å². The van der Waals surface area contributed by atoms with E-state index in [-0.39, 0.29) is 11.8 Å². The van der Waals surface area contributed by atoms with Crippen molar-refractivity contribution in [1.29, 1.82) is 0 Å². The van der Waals surface area contributed by atoms with E-state index >= 15 is 0 Å². The van der Waals surface area contributed by atoms with E-state index in [1.165, 1.54) is 17.3 Å². The first-order chi connectivity index (χ1) is 16.0. The van der Waals surface area contributed by atoms with Crippen molar-refractivity contribution in [3.63, 3.8) is 0 Å². The Morgan fingerprint density at radius 3 is 2.61 bits per heavy atom. The van der Waals surface area contributed by atoms with E-state index in [4.69, 9.17) is 4.74 Å². The third-order valence-electron chi connectivity index (χ3n) is 5.32. The van der Waals surface area contributed by atoms with Gasteiger partial charge in [0.25, 0.3) is 11.8 Å². The monoisotopic (exact) mass is 458 g/mol. The summed E-state index contributed by atoms with van der Waals surface area (Å²) in [5.74, 6) is -0.172. The molecule has 0 saturated carbocycles. The zero-order valence-electron chi connectivity index (χ0n) is 18.7. The number of aryl methyl sites for hydroxylation is 1. The molecule has 1 heterocycles. The lowest BCUT2D eigenvalue weighted by atomic mass is 10.1. The van der Waals surface area contributed by atoms with Crippen LogP contribution < -0.4 is 10.2 Å². The molecule has 0 atom stereocenters. The van der Waals surface area contributed by atoms with Gasteiger partial charge in [-0.2, -0.15) is 0 Å². The van der Waals surface area contributed by atoms with Crippen LogP contribution in [-0.2, 0) is 16.1 Å². The third kappa shape index (κ3) is 5.53. The van der Waals surface area contributed by atoms with Crippen LogP contribution in [0.15, 0.2) is 82.6 Å². The quantitative estimate of drug-likeness (QED) is 0.398. The molecule has 5 nitrogen and oxygen atoms in total. The first-order valence-electron chi connectivity index (χ1n) is 10.8. The van der Waals surface area contributed by atoms with Crippen molar-refractivity contribution in [2.75, 3.05) is 25.2 Å². The highest BCUT2D eigenvalue weighted by Gasteiger charge is 2.29. The number of carbonyl (C=O) groups is 2. The molecular weight excluding hydrogens is 432 g/mol. The van der Waals surface area contributed by atoms with E-state index in [1.807, 2.05) is 59.5 Å². The van der Waals surface area contributed by atoms with E-state index in [2.05, 4.69) is 24.4 Å². The van der Waals surface area contributed by atoms with Gasteiger partial charge in [0, 0.05) is 24.1 Å². The minimum absolute atomic E-state index is 0.0263. The smallest absolute Gasteiger partial charge is 0.265 e. The van der Waals surface area contributed by atoms with Crippen LogP contribution in [0.1, 0.15) is 27.0 Å². The molecule has 0 aromatic heterocycles. The summed E-state index contributed by atoms with van der Waals surface area (Å²) in [5, 5.41) is 2.81. The molecule has 0 saturated heterocycles. The Bertz CT molecular complexity index is 1190. The number of anilines is 1. The Balaban J connectivity index is 1.58. The van der Waals surface area contributed by atoms with Gasteiger partial charge in [-0.25, -0.2) is 0 Å². The molecule has 1 N–H and O–H groups in total. The van der Waals surface area contributed by atoms with Gasteiger partial charge in [-0.3, -0.25) is 9.59 Å². The van der Waals surface area contributed by atoms with E-state index in [1.54, 1.807) is 19.2 Å². The third-order valence-corrected chi connectivity index (χ3v) is 6.39. The second kappa shape index (κ2) is 10.5. The average Bonchev–Trinajstić information content (AvgIpc) is 2.82. The van der Waals surface area contributed by atoms with E-state index < -0.39 is 0 Å². The Hall–Kier alpha value is -3.35. The number of para-hydroxylation sites is 1. The topological polar surface area (TPSA) is 58.6 Å². The van der Waals surface area contributed by atoms with Crippen LogP contribution in [0.5, 0.6) is 0 Å². The van der Waals surface area contributed by atoms with Gasteiger partial charge in [0.1, 0.15) is 0 Å². The van der Waals surface area contributed by atoms with Crippen LogP contribution >= 0.6 is 11.8 Å². The molecule has 168 valence electrons. The Morgan fingerprint density at radius 1 is 1.06 bits per heavy atom. The number of amides is 2. The lowest BCUT2D eigenvalue weighted by molar-refractivity contribution is -0.114. The molecule has 0 unspecified atom stereocenters. The Labute approximate surface area is 198 Å². The number of hydrogen-bond donors (Lipinski definition) is 1. The molecule has 6 heteroatoms. The van der Waals surface area contributed by atoms with Gasteiger partial charge < -0.3 is 15.0 Å².